The summed E-state index contributed by atoms with van der Waals surface area (Å²) < 4.78 is 33.2. The van der Waals surface area contributed by atoms with Crippen molar-refractivity contribution in [3.05, 3.63) is 58.6 Å². The topological polar surface area (TPSA) is 55.4 Å². The first-order valence-corrected chi connectivity index (χ1v) is 9.95. The number of hydrogen-bond donors (Lipinski definition) is 1. The van der Waals surface area contributed by atoms with Gasteiger partial charge in [0.2, 0.25) is 10.0 Å². The number of ether oxygens (including phenoxy) is 1. The molecule has 0 aliphatic heterocycles. The van der Waals surface area contributed by atoms with E-state index in [1.807, 2.05) is 24.3 Å². The molecule has 0 saturated carbocycles. The monoisotopic (exact) mass is 411 g/mol. The fraction of sp³-hybridized carbons (Fsp3) is 0.333. The van der Waals surface area contributed by atoms with Crippen molar-refractivity contribution in [2.75, 3.05) is 13.2 Å². The van der Waals surface area contributed by atoms with Crippen molar-refractivity contribution < 1.29 is 13.2 Å². The summed E-state index contributed by atoms with van der Waals surface area (Å²) in [6.07, 6.45) is 0. The van der Waals surface area contributed by atoms with Gasteiger partial charge in [0, 0.05) is 11.0 Å². The van der Waals surface area contributed by atoms with Crippen LogP contribution in [0, 0.1) is 0 Å². The fourth-order valence-electron chi connectivity index (χ4n) is 2.09. The van der Waals surface area contributed by atoms with E-state index in [9.17, 15) is 8.42 Å². The van der Waals surface area contributed by atoms with Crippen molar-refractivity contribution in [1.82, 2.24) is 4.72 Å². The SMILES string of the molecule is CC(C)(C)c1ccc(OCCNS(=O)(=O)c2ccc(Br)cc2)cc1. The van der Waals surface area contributed by atoms with E-state index >= 15 is 0 Å². The zero-order chi connectivity index (χ0) is 17.8. The van der Waals surface area contributed by atoms with Gasteiger partial charge in [0.25, 0.3) is 0 Å². The second-order valence-corrected chi connectivity index (χ2v) is 9.16. The molecule has 2 aromatic carbocycles. The van der Waals surface area contributed by atoms with Crippen molar-refractivity contribution in [2.24, 2.45) is 0 Å². The molecule has 0 radical (unpaired) electrons. The maximum absolute atomic E-state index is 12.1. The Labute approximate surface area is 152 Å². The largest absolute Gasteiger partial charge is 0.492 e. The van der Waals surface area contributed by atoms with Gasteiger partial charge in [-0.25, -0.2) is 13.1 Å². The zero-order valence-corrected chi connectivity index (χ0v) is 16.4. The predicted octanol–water partition coefficient (Wildman–Crippen LogP) is 4.10. The van der Waals surface area contributed by atoms with Crippen LogP contribution >= 0.6 is 15.9 Å². The Kier molecular flexibility index (Phi) is 6.06. The molecule has 0 amide bonds. The Morgan fingerprint density at radius 2 is 1.58 bits per heavy atom. The van der Waals surface area contributed by atoms with Gasteiger partial charge in [-0.3, -0.25) is 0 Å². The molecule has 24 heavy (non-hydrogen) atoms. The molecule has 6 heteroatoms. The summed E-state index contributed by atoms with van der Waals surface area (Å²) in [5.74, 6) is 0.728. The van der Waals surface area contributed by atoms with Crippen molar-refractivity contribution >= 4 is 26.0 Å². The molecule has 0 fully saturated rings. The van der Waals surface area contributed by atoms with Gasteiger partial charge in [-0.2, -0.15) is 0 Å². The van der Waals surface area contributed by atoms with Gasteiger partial charge in [0.1, 0.15) is 12.4 Å². The summed E-state index contributed by atoms with van der Waals surface area (Å²) in [4.78, 5) is 0.236. The first-order valence-electron chi connectivity index (χ1n) is 7.67. The molecule has 130 valence electrons. The first-order chi connectivity index (χ1) is 11.2. The Morgan fingerprint density at radius 1 is 1.00 bits per heavy atom. The van der Waals surface area contributed by atoms with Gasteiger partial charge < -0.3 is 4.74 Å². The highest BCUT2D eigenvalue weighted by atomic mass is 79.9. The number of nitrogens with one attached hydrogen (secondary N) is 1. The quantitative estimate of drug-likeness (QED) is 0.727. The average molecular weight is 412 g/mol. The average Bonchev–Trinajstić information content (AvgIpc) is 2.52. The highest BCUT2D eigenvalue weighted by molar-refractivity contribution is 9.10. The molecule has 0 aliphatic rings. The smallest absolute Gasteiger partial charge is 0.240 e. The minimum absolute atomic E-state index is 0.0961. The number of hydrogen-bond acceptors (Lipinski definition) is 3. The van der Waals surface area contributed by atoms with E-state index in [1.54, 1.807) is 24.3 Å². The van der Waals surface area contributed by atoms with Crippen LogP contribution < -0.4 is 9.46 Å². The van der Waals surface area contributed by atoms with Gasteiger partial charge in [-0.1, -0.05) is 48.8 Å². The molecule has 2 rings (SSSR count). The van der Waals surface area contributed by atoms with Crippen LogP contribution in [0.2, 0.25) is 0 Å². The van der Waals surface area contributed by atoms with E-state index in [-0.39, 0.29) is 23.5 Å². The fourth-order valence-corrected chi connectivity index (χ4v) is 3.37. The molecule has 0 aliphatic carbocycles. The molecule has 1 N–H and O–H groups in total. The summed E-state index contributed by atoms with van der Waals surface area (Å²) in [7, 11) is -3.51. The summed E-state index contributed by atoms with van der Waals surface area (Å²) in [5.41, 5.74) is 1.32. The van der Waals surface area contributed by atoms with Crippen molar-refractivity contribution in [3.8, 4) is 5.75 Å². The lowest BCUT2D eigenvalue weighted by atomic mass is 9.87. The molecule has 0 spiro atoms. The van der Waals surface area contributed by atoms with Crippen LogP contribution in [0.15, 0.2) is 57.9 Å². The van der Waals surface area contributed by atoms with Crippen LogP contribution in [0.3, 0.4) is 0 Å². The zero-order valence-electron chi connectivity index (χ0n) is 14.0. The molecular weight excluding hydrogens is 390 g/mol. The lowest BCUT2D eigenvalue weighted by Gasteiger charge is -2.19. The third-order valence-electron chi connectivity index (χ3n) is 3.51. The molecule has 0 heterocycles. The van der Waals surface area contributed by atoms with E-state index in [2.05, 4.69) is 41.4 Å². The van der Waals surface area contributed by atoms with E-state index in [1.165, 1.54) is 5.56 Å². The summed E-state index contributed by atoms with van der Waals surface area (Å²) in [6, 6.07) is 14.4. The van der Waals surface area contributed by atoms with Gasteiger partial charge in [0.15, 0.2) is 0 Å². The van der Waals surface area contributed by atoms with Gasteiger partial charge in [-0.15, -0.1) is 0 Å². The van der Waals surface area contributed by atoms with Crippen molar-refractivity contribution in [2.45, 2.75) is 31.1 Å². The van der Waals surface area contributed by atoms with Crippen LogP contribution in [-0.2, 0) is 15.4 Å². The van der Waals surface area contributed by atoms with Gasteiger partial charge in [0.05, 0.1) is 4.90 Å². The maximum atomic E-state index is 12.1. The van der Waals surface area contributed by atoms with E-state index in [0.717, 1.165) is 10.2 Å². The molecule has 2 aromatic rings. The molecule has 0 bridgehead atoms. The lowest BCUT2D eigenvalue weighted by Crippen LogP contribution is -2.28. The third-order valence-corrected chi connectivity index (χ3v) is 5.51. The van der Waals surface area contributed by atoms with Crippen LogP contribution in [0.5, 0.6) is 5.75 Å². The Balaban J connectivity index is 1.85. The summed E-state index contributed by atoms with van der Waals surface area (Å²) in [6.45, 7) is 6.93. The minimum Gasteiger partial charge on any atom is -0.492 e. The summed E-state index contributed by atoms with van der Waals surface area (Å²) >= 11 is 3.28. The molecular formula is C18H22BrNO3S. The van der Waals surface area contributed by atoms with Crippen LogP contribution in [-0.4, -0.2) is 21.6 Å². The standard InChI is InChI=1S/C18H22BrNO3S/c1-18(2,3)14-4-8-16(9-5-14)23-13-12-20-24(21,22)17-10-6-15(19)7-11-17/h4-11,20H,12-13H2,1-3H3. The normalized spacial score (nSPS) is 12.2. The highest BCUT2D eigenvalue weighted by Gasteiger charge is 2.14. The van der Waals surface area contributed by atoms with Crippen LogP contribution in [0.25, 0.3) is 0 Å². The van der Waals surface area contributed by atoms with E-state index < -0.39 is 10.0 Å². The molecule has 0 unspecified atom stereocenters. The predicted molar refractivity (Wildman–Crippen MR) is 100.0 cm³/mol. The number of halogens is 1. The second-order valence-electron chi connectivity index (χ2n) is 6.47. The molecule has 0 atom stereocenters. The molecule has 0 saturated heterocycles. The first kappa shape index (κ1) is 19.0. The minimum atomic E-state index is -3.51. The Morgan fingerprint density at radius 3 is 2.12 bits per heavy atom. The van der Waals surface area contributed by atoms with E-state index in [4.69, 9.17) is 4.74 Å². The van der Waals surface area contributed by atoms with Gasteiger partial charge >= 0.3 is 0 Å². The van der Waals surface area contributed by atoms with Crippen molar-refractivity contribution in [1.29, 1.82) is 0 Å². The van der Waals surface area contributed by atoms with Crippen molar-refractivity contribution in [3.63, 3.8) is 0 Å². The van der Waals surface area contributed by atoms with E-state index in [0.29, 0.717) is 0 Å². The number of rotatable bonds is 6. The number of benzene rings is 2. The number of sulfonamides is 1. The van der Waals surface area contributed by atoms with Crippen LogP contribution in [0.1, 0.15) is 26.3 Å². The van der Waals surface area contributed by atoms with Crippen LogP contribution in [0.4, 0.5) is 0 Å². The maximum Gasteiger partial charge on any atom is 0.240 e. The Bertz CT molecular complexity index is 763. The lowest BCUT2D eigenvalue weighted by molar-refractivity contribution is 0.322. The molecule has 0 aromatic heterocycles. The Hall–Kier alpha value is -1.37. The summed E-state index contributed by atoms with van der Waals surface area (Å²) in [5, 5.41) is 0. The highest BCUT2D eigenvalue weighted by Crippen LogP contribution is 2.24. The van der Waals surface area contributed by atoms with Gasteiger partial charge in [-0.05, 0) is 47.4 Å². The second kappa shape index (κ2) is 7.68. The molecule has 4 nitrogen and oxygen atoms in total. The third kappa shape index (κ3) is 5.33.